The number of fused-ring (bicyclic) bond motifs is 4. The van der Waals surface area contributed by atoms with E-state index in [0.717, 1.165) is 37.8 Å². The Morgan fingerprint density at radius 2 is 1.79 bits per heavy atom. The monoisotopic (exact) mass is 516 g/mol. The largest absolute Gasteiger partial charge is 0.481 e. The maximum absolute atomic E-state index is 16.2. The number of carboxylic acid groups (broad SMARTS) is 1. The van der Waals surface area contributed by atoms with E-state index in [4.69, 9.17) is 0 Å². The van der Waals surface area contributed by atoms with Gasteiger partial charge in [0.1, 0.15) is 17.7 Å². The van der Waals surface area contributed by atoms with Gasteiger partial charge in [0.25, 0.3) is 0 Å². The van der Waals surface area contributed by atoms with Crippen LogP contribution in [0.3, 0.4) is 0 Å². The SMILES string of the molecule is N#Cc1c(-c2c[nH]c3c(F)cc(F)cc23)nc(N[C@H]2C3CCC(CC3)[C@H]2C(=O)O)c(F)c1-c1ccccc1. The summed E-state index contributed by atoms with van der Waals surface area (Å²) in [5.41, 5.74) is 0.618. The topological polar surface area (TPSA) is 102 Å². The Morgan fingerprint density at radius 1 is 1.08 bits per heavy atom. The molecule has 0 amide bonds. The van der Waals surface area contributed by atoms with Gasteiger partial charge in [-0.15, -0.1) is 0 Å². The smallest absolute Gasteiger partial charge is 0.308 e. The lowest BCUT2D eigenvalue weighted by molar-refractivity contribution is -0.148. The second kappa shape index (κ2) is 9.21. The van der Waals surface area contributed by atoms with Crippen molar-refractivity contribution in [2.24, 2.45) is 17.8 Å². The molecule has 2 aromatic carbocycles. The van der Waals surface area contributed by atoms with E-state index < -0.39 is 35.4 Å². The number of nitriles is 1. The van der Waals surface area contributed by atoms with Crippen LogP contribution in [0.5, 0.6) is 0 Å². The molecule has 0 spiro atoms. The minimum absolute atomic E-state index is 0.0101. The van der Waals surface area contributed by atoms with E-state index in [1.165, 1.54) is 6.20 Å². The van der Waals surface area contributed by atoms with Gasteiger partial charge >= 0.3 is 5.97 Å². The van der Waals surface area contributed by atoms with Gasteiger partial charge < -0.3 is 15.4 Å². The van der Waals surface area contributed by atoms with E-state index in [1.54, 1.807) is 30.3 Å². The Labute approximate surface area is 216 Å². The molecule has 0 radical (unpaired) electrons. The molecule has 3 saturated carbocycles. The van der Waals surface area contributed by atoms with Gasteiger partial charge in [0.2, 0.25) is 0 Å². The number of rotatable bonds is 5. The quantitative estimate of drug-likeness (QED) is 0.282. The van der Waals surface area contributed by atoms with Crippen molar-refractivity contribution in [1.82, 2.24) is 9.97 Å². The first-order chi connectivity index (χ1) is 18.4. The van der Waals surface area contributed by atoms with Gasteiger partial charge in [-0.2, -0.15) is 5.26 Å². The molecule has 38 heavy (non-hydrogen) atoms. The lowest BCUT2D eigenvalue weighted by Crippen LogP contribution is -2.51. The van der Waals surface area contributed by atoms with Crippen LogP contribution in [-0.4, -0.2) is 27.1 Å². The van der Waals surface area contributed by atoms with E-state index in [9.17, 15) is 23.9 Å². The number of nitrogens with zero attached hydrogens (tertiary/aromatic N) is 2. The van der Waals surface area contributed by atoms with E-state index in [-0.39, 0.29) is 50.9 Å². The molecule has 192 valence electrons. The van der Waals surface area contributed by atoms with E-state index in [2.05, 4.69) is 15.3 Å². The fourth-order valence-corrected chi connectivity index (χ4v) is 6.36. The van der Waals surface area contributed by atoms with E-state index in [0.29, 0.717) is 5.56 Å². The van der Waals surface area contributed by atoms with Crippen LogP contribution in [0.15, 0.2) is 48.7 Å². The average Bonchev–Trinajstić information content (AvgIpc) is 3.34. The summed E-state index contributed by atoms with van der Waals surface area (Å²) in [6, 6.07) is 11.9. The number of aromatic nitrogens is 2. The Morgan fingerprint density at radius 3 is 2.47 bits per heavy atom. The van der Waals surface area contributed by atoms with Crippen LogP contribution >= 0.6 is 0 Å². The summed E-state index contributed by atoms with van der Waals surface area (Å²) in [6.07, 6.45) is 4.72. The van der Waals surface area contributed by atoms with Crippen LogP contribution < -0.4 is 5.32 Å². The maximum atomic E-state index is 16.2. The molecular weight excluding hydrogens is 493 g/mol. The van der Waals surface area contributed by atoms with Crippen LogP contribution in [0.2, 0.25) is 0 Å². The number of hydrogen-bond acceptors (Lipinski definition) is 4. The zero-order valence-corrected chi connectivity index (χ0v) is 20.1. The first-order valence-electron chi connectivity index (χ1n) is 12.5. The highest BCUT2D eigenvalue weighted by Gasteiger charge is 2.47. The van der Waals surface area contributed by atoms with Crippen LogP contribution in [0.4, 0.5) is 19.0 Å². The number of nitrogens with one attached hydrogen (secondary N) is 2. The molecule has 0 aliphatic heterocycles. The van der Waals surface area contributed by atoms with Crippen molar-refractivity contribution in [2.45, 2.75) is 31.7 Å². The zero-order chi connectivity index (χ0) is 26.6. The van der Waals surface area contributed by atoms with Crippen molar-refractivity contribution in [1.29, 1.82) is 5.26 Å². The van der Waals surface area contributed by atoms with Gasteiger partial charge in [-0.25, -0.2) is 18.2 Å². The number of halogens is 3. The Balaban J connectivity index is 1.58. The van der Waals surface area contributed by atoms with Crippen LogP contribution in [0.1, 0.15) is 31.2 Å². The van der Waals surface area contributed by atoms with E-state index >= 15 is 4.39 Å². The van der Waals surface area contributed by atoms with Crippen molar-refractivity contribution in [3.63, 3.8) is 0 Å². The molecule has 3 aliphatic rings. The molecule has 0 unspecified atom stereocenters. The fourth-order valence-electron chi connectivity index (χ4n) is 6.36. The van der Waals surface area contributed by atoms with Crippen molar-refractivity contribution in [3.8, 4) is 28.5 Å². The Hall–Kier alpha value is -4.32. The summed E-state index contributed by atoms with van der Waals surface area (Å²) in [5.74, 6) is -4.18. The van der Waals surface area contributed by atoms with Gasteiger partial charge in [-0.05, 0) is 49.1 Å². The maximum Gasteiger partial charge on any atom is 0.308 e. The summed E-state index contributed by atoms with van der Waals surface area (Å²) < 4.78 is 44.9. The second-order valence-corrected chi connectivity index (χ2v) is 10.1. The number of benzene rings is 2. The molecule has 3 aliphatic carbocycles. The molecule has 6 nitrogen and oxygen atoms in total. The molecule has 2 aromatic heterocycles. The Bertz CT molecular complexity index is 1600. The summed E-state index contributed by atoms with van der Waals surface area (Å²) in [5, 5.41) is 23.4. The molecule has 2 heterocycles. The summed E-state index contributed by atoms with van der Waals surface area (Å²) in [4.78, 5) is 19.5. The van der Waals surface area contributed by atoms with Gasteiger partial charge in [-0.3, -0.25) is 4.79 Å². The highest BCUT2D eigenvalue weighted by molar-refractivity contribution is 5.98. The molecule has 3 fully saturated rings. The van der Waals surface area contributed by atoms with E-state index in [1.807, 2.05) is 6.07 Å². The number of aromatic amines is 1. The minimum Gasteiger partial charge on any atom is -0.481 e. The third-order valence-corrected chi connectivity index (χ3v) is 8.08. The number of anilines is 1. The van der Waals surface area contributed by atoms with Gasteiger partial charge in [0, 0.05) is 34.8 Å². The molecule has 7 rings (SSSR count). The molecule has 2 bridgehead atoms. The molecule has 2 atom stereocenters. The molecule has 3 N–H and O–H groups in total. The highest BCUT2D eigenvalue weighted by Crippen LogP contribution is 2.47. The predicted octanol–water partition coefficient (Wildman–Crippen LogP) is 6.49. The fraction of sp³-hybridized carbons (Fsp3) is 0.276. The summed E-state index contributed by atoms with van der Waals surface area (Å²) in [6.45, 7) is 0. The number of H-pyrrole nitrogens is 1. The number of pyridine rings is 1. The second-order valence-electron chi connectivity index (χ2n) is 10.1. The van der Waals surface area contributed by atoms with Crippen LogP contribution in [-0.2, 0) is 4.79 Å². The zero-order valence-electron chi connectivity index (χ0n) is 20.1. The third-order valence-electron chi connectivity index (χ3n) is 8.08. The first-order valence-corrected chi connectivity index (χ1v) is 12.5. The van der Waals surface area contributed by atoms with Crippen molar-refractivity contribution in [2.75, 3.05) is 5.32 Å². The summed E-state index contributed by atoms with van der Waals surface area (Å²) >= 11 is 0. The van der Waals surface area contributed by atoms with Gasteiger partial charge in [0.15, 0.2) is 11.6 Å². The molecular formula is C29H23F3N4O2. The van der Waals surface area contributed by atoms with Crippen molar-refractivity contribution < 1.29 is 23.1 Å². The molecule has 4 aromatic rings. The highest BCUT2D eigenvalue weighted by atomic mass is 19.1. The van der Waals surface area contributed by atoms with Crippen LogP contribution in [0, 0.1) is 46.5 Å². The standard InChI is InChI=1S/C29H23F3N4O2/c30-17-10-18-20(13-34-27(18)21(31)11-17)26-19(12-33)22(14-4-2-1-3-5-14)24(32)28(36-26)35-25-16-8-6-15(7-9-16)23(25)29(37)38/h1-5,10-11,13,15-16,23,25,34H,6-9H2,(H,35,36)(H,37,38)/t15?,16?,23-,25+/m1/s1. The van der Waals surface area contributed by atoms with Crippen molar-refractivity contribution in [3.05, 3.63) is 71.7 Å². The van der Waals surface area contributed by atoms with Gasteiger partial charge in [-0.1, -0.05) is 30.3 Å². The number of aliphatic carboxylic acids is 1. The normalized spacial score (nSPS) is 22.4. The Kier molecular flexibility index (Phi) is 5.83. The van der Waals surface area contributed by atoms with Crippen LogP contribution in [0.25, 0.3) is 33.3 Å². The number of hydrogen-bond donors (Lipinski definition) is 3. The minimum atomic E-state index is -0.933. The molecule has 9 heteroatoms. The number of carboxylic acids is 1. The lowest BCUT2D eigenvalue weighted by atomic mass is 9.61. The van der Waals surface area contributed by atoms with Crippen molar-refractivity contribution >= 4 is 22.7 Å². The first kappa shape index (κ1) is 24.0. The van der Waals surface area contributed by atoms with Gasteiger partial charge in [0.05, 0.1) is 22.7 Å². The third kappa shape index (κ3) is 3.79. The number of carbonyl (C=O) groups is 1. The lowest BCUT2D eigenvalue weighted by Gasteiger charge is -2.47. The summed E-state index contributed by atoms with van der Waals surface area (Å²) in [7, 11) is 0. The molecule has 0 saturated heterocycles. The predicted molar refractivity (Wildman–Crippen MR) is 136 cm³/mol. The average molecular weight is 517 g/mol.